The molecule has 0 radical (unpaired) electrons. The molecule has 0 saturated heterocycles. The minimum Gasteiger partial charge on any atom is -0.454 e. The fraction of sp³-hybridized carbons (Fsp3) is 0.190. The molecular weight excluding hydrogens is 413 g/mol. The predicted molar refractivity (Wildman–Crippen MR) is 103 cm³/mol. The zero-order valence-corrected chi connectivity index (χ0v) is 16.4. The molecule has 0 bridgehead atoms. The van der Waals surface area contributed by atoms with Crippen LogP contribution < -0.4 is 14.4 Å². The van der Waals surface area contributed by atoms with E-state index in [0.29, 0.717) is 17.2 Å². The quantitative estimate of drug-likeness (QED) is 0.628. The number of ether oxygens (including phenoxy) is 2. The van der Waals surface area contributed by atoms with E-state index in [2.05, 4.69) is 5.10 Å². The molecule has 4 rings (SSSR count). The Morgan fingerprint density at radius 3 is 2.61 bits per heavy atom. The van der Waals surface area contributed by atoms with Gasteiger partial charge >= 0.3 is 6.18 Å². The van der Waals surface area contributed by atoms with Crippen LogP contribution in [0.15, 0.2) is 42.5 Å². The van der Waals surface area contributed by atoms with Crippen LogP contribution in [0.3, 0.4) is 0 Å². The van der Waals surface area contributed by atoms with Crippen LogP contribution >= 0.6 is 0 Å². The lowest BCUT2D eigenvalue weighted by Crippen LogP contribution is -2.26. The number of rotatable bonds is 3. The number of nitriles is 1. The van der Waals surface area contributed by atoms with Crippen molar-refractivity contribution in [2.45, 2.75) is 13.1 Å². The van der Waals surface area contributed by atoms with Crippen LogP contribution in [0.5, 0.6) is 11.5 Å². The summed E-state index contributed by atoms with van der Waals surface area (Å²) in [5, 5.41) is 12.7. The number of nitrogens with zero attached hydrogens (tertiary/aromatic N) is 4. The molecule has 0 N–H and O–H groups in total. The van der Waals surface area contributed by atoms with Gasteiger partial charge in [0.05, 0.1) is 11.4 Å². The van der Waals surface area contributed by atoms with Crippen LogP contribution in [-0.2, 0) is 6.18 Å². The van der Waals surface area contributed by atoms with Crippen LogP contribution in [0.1, 0.15) is 27.3 Å². The number of alkyl halides is 3. The number of hydrogen-bond donors (Lipinski definition) is 0. The van der Waals surface area contributed by atoms with Gasteiger partial charge in [-0.05, 0) is 37.3 Å². The maximum atomic E-state index is 13.2. The van der Waals surface area contributed by atoms with Gasteiger partial charge in [0.2, 0.25) is 6.79 Å². The lowest BCUT2D eigenvalue weighted by atomic mass is 10.1. The molecular formula is C21H15F3N4O3. The molecule has 7 nitrogen and oxygen atoms in total. The van der Waals surface area contributed by atoms with Crippen LogP contribution in [0, 0.1) is 18.3 Å². The van der Waals surface area contributed by atoms with E-state index in [9.17, 15) is 18.0 Å². The SMILES string of the molecule is Cc1c(C#N)c(C(F)(F)F)nn1-c1cccc(C(=O)N(C)c2ccc3c(c2)OCO3)c1. The second-order valence-corrected chi connectivity index (χ2v) is 6.78. The topological polar surface area (TPSA) is 80.4 Å². The number of halogens is 3. The third kappa shape index (κ3) is 3.54. The summed E-state index contributed by atoms with van der Waals surface area (Å²) in [6.07, 6.45) is -4.77. The van der Waals surface area contributed by atoms with Gasteiger partial charge in [-0.2, -0.15) is 23.5 Å². The summed E-state index contributed by atoms with van der Waals surface area (Å²) in [6, 6.07) is 12.6. The Bertz CT molecular complexity index is 1230. The minimum atomic E-state index is -4.77. The Kier molecular flexibility index (Phi) is 4.81. The first-order valence-corrected chi connectivity index (χ1v) is 9.05. The highest BCUT2D eigenvalue weighted by Crippen LogP contribution is 2.36. The van der Waals surface area contributed by atoms with Crippen molar-refractivity contribution in [3.63, 3.8) is 0 Å². The summed E-state index contributed by atoms with van der Waals surface area (Å²) < 4.78 is 51.3. The van der Waals surface area contributed by atoms with Gasteiger partial charge in [-0.25, -0.2) is 4.68 Å². The number of hydrogen-bond acceptors (Lipinski definition) is 5. The number of anilines is 1. The second kappa shape index (κ2) is 7.36. The van der Waals surface area contributed by atoms with Crippen molar-refractivity contribution in [1.82, 2.24) is 9.78 Å². The Morgan fingerprint density at radius 1 is 1.19 bits per heavy atom. The molecule has 0 spiro atoms. The molecule has 0 atom stereocenters. The standard InChI is InChI=1S/C21H15F3N4O3/c1-12-16(10-25)19(21(22,23)24)26-28(12)15-5-3-4-13(8-15)20(29)27(2)14-6-7-17-18(9-14)31-11-30-17/h3-9H,11H2,1-2H3. The molecule has 2 heterocycles. The normalized spacial score (nSPS) is 12.5. The van der Waals surface area contributed by atoms with Crippen LogP contribution in [0.4, 0.5) is 18.9 Å². The predicted octanol–water partition coefficient (Wildman–Crippen LogP) is 4.08. The summed E-state index contributed by atoms with van der Waals surface area (Å²) in [7, 11) is 1.57. The molecule has 1 amide bonds. The number of amides is 1. The molecule has 1 aromatic heterocycles. The molecule has 0 aliphatic carbocycles. The van der Waals surface area contributed by atoms with Gasteiger partial charge in [0.1, 0.15) is 11.6 Å². The molecule has 0 unspecified atom stereocenters. The molecule has 158 valence electrons. The highest BCUT2D eigenvalue weighted by atomic mass is 19.4. The van der Waals surface area contributed by atoms with E-state index in [4.69, 9.17) is 14.7 Å². The van der Waals surface area contributed by atoms with E-state index in [-0.39, 0.29) is 29.6 Å². The lowest BCUT2D eigenvalue weighted by molar-refractivity contribution is -0.141. The first-order chi connectivity index (χ1) is 14.7. The first kappa shape index (κ1) is 20.3. The van der Waals surface area contributed by atoms with Crippen LogP contribution in [0.25, 0.3) is 5.69 Å². The summed E-state index contributed by atoms with van der Waals surface area (Å²) >= 11 is 0. The van der Waals surface area contributed by atoms with Crippen molar-refractivity contribution < 1.29 is 27.4 Å². The fourth-order valence-corrected chi connectivity index (χ4v) is 3.26. The molecule has 0 fully saturated rings. The van der Waals surface area contributed by atoms with Gasteiger partial charge in [-0.15, -0.1) is 0 Å². The van der Waals surface area contributed by atoms with Gasteiger partial charge < -0.3 is 14.4 Å². The van der Waals surface area contributed by atoms with E-state index in [1.807, 2.05) is 0 Å². The monoisotopic (exact) mass is 428 g/mol. The van der Waals surface area contributed by atoms with E-state index < -0.39 is 17.4 Å². The van der Waals surface area contributed by atoms with E-state index >= 15 is 0 Å². The van der Waals surface area contributed by atoms with Gasteiger partial charge in [0.25, 0.3) is 5.91 Å². The zero-order valence-electron chi connectivity index (χ0n) is 16.4. The summed E-state index contributed by atoms with van der Waals surface area (Å²) in [6.45, 7) is 1.47. The van der Waals surface area contributed by atoms with Crippen LogP contribution in [-0.4, -0.2) is 29.5 Å². The third-order valence-corrected chi connectivity index (χ3v) is 4.88. The van der Waals surface area contributed by atoms with Gasteiger partial charge in [-0.3, -0.25) is 4.79 Å². The summed E-state index contributed by atoms with van der Waals surface area (Å²) in [5.41, 5.74) is -0.762. The number of aromatic nitrogens is 2. The average Bonchev–Trinajstić information content (AvgIpc) is 3.35. The van der Waals surface area contributed by atoms with Gasteiger partial charge in [0.15, 0.2) is 17.2 Å². The van der Waals surface area contributed by atoms with E-state index in [1.54, 1.807) is 37.4 Å². The Balaban J connectivity index is 1.68. The van der Waals surface area contributed by atoms with Crippen molar-refractivity contribution in [3.8, 4) is 23.3 Å². The Hall–Kier alpha value is -4.00. The molecule has 0 saturated carbocycles. The fourth-order valence-electron chi connectivity index (χ4n) is 3.26. The highest BCUT2D eigenvalue weighted by Gasteiger charge is 2.39. The van der Waals surface area contributed by atoms with E-state index in [0.717, 1.165) is 4.68 Å². The number of carbonyl (C=O) groups excluding carboxylic acids is 1. The van der Waals surface area contributed by atoms with Crippen molar-refractivity contribution in [2.75, 3.05) is 18.7 Å². The smallest absolute Gasteiger partial charge is 0.436 e. The van der Waals surface area contributed by atoms with Gasteiger partial charge in [0, 0.05) is 24.4 Å². The largest absolute Gasteiger partial charge is 0.454 e. The third-order valence-electron chi connectivity index (χ3n) is 4.88. The molecule has 1 aliphatic heterocycles. The molecule has 1 aliphatic rings. The van der Waals surface area contributed by atoms with E-state index in [1.165, 1.54) is 30.0 Å². The lowest BCUT2D eigenvalue weighted by Gasteiger charge is -2.18. The Labute approximate surface area is 174 Å². The second-order valence-electron chi connectivity index (χ2n) is 6.78. The number of fused-ring (bicyclic) bond motifs is 1. The van der Waals surface area contributed by atoms with Crippen molar-refractivity contribution in [2.24, 2.45) is 0 Å². The van der Waals surface area contributed by atoms with Crippen molar-refractivity contribution >= 4 is 11.6 Å². The highest BCUT2D eigenvalue weighted by molar-refractivity contribution is 6.06. The molecule has 10 heteroatoms. The molecule has 2 aromatic carbocycles. The van der Waals surface area contributed by atoms with Crippen molar-refractivity contribution in [3.05, 3.63) is 65.0 Å². The number of carbonyl (C=O) groups is 1. The van der Waals surface area contributed by atoms with Gasteiger partial charge in [-0.1, -0.05) is 6.07 Å². The molecule has 3 aromatic rings. The van der Waals surface area contributed by atoms with Crippen molar-refractivity contribution in [1.29, 1.82) is 5.26 Å². The summed E-state index contributed by atoms with van der Waals surface area (Å²) in [5.74, 6) is 0.707. The zero-order chi connectivity index (χ0) is 22.3. The molecule has 31 heavy (non-hydrogen) atoms. The average molecular weight is 428 g/mol. The first-order valence-electron chi connectivity index (χ1n) is 9.05. The number of benzene rings is 2. The maximum Gasteiger partial charge on any atom is 0.436 e. The maximum absolute atomic E-state index is 13.2. The minimum absolute atomic E-state index is 0.0311. The summed E-state index contributed by atoms with van der Waals surface area (Å²) in [4.78, 5) is 14.4. The Morgan fingerprint density at radius 2 is 1.94 bits per heavy atom. The van der Waals surface area contributed by atoms with Crippen LogP contribution in [0.2, 0.25) is 0 Å².